The molecule has 3 heterocycles. The molecule has 0 spiro atoms. The molecule has 24 heavy (non-hydrogen) atoms. The SMILES string of the molecule is Cc1nnc2ccc(C(=O)Nc3cnn(C(C)(C)C(=O)O)c3)cn12. The van der Waals surface area contributed by atoms with Gasteiger partial charge in [-0.3, -0.25) is 13.9 Å². The van der Waals surface area contributed by atoms with Gasteiger partial charge in [-0.1, -0.05) is 0 Å². The smallest absolute Gasteiger partial charge is 0.331 e. The van der Waals surface area contributed by atoms with Crippen molar-refractivity contribution in [2.24, 2.45) is 0 Å². The number of aryl methyl sites for hydroxylation is 1. The molecule has 0 fully saturated rings. The summed E-state index contributed by atoms with van der Waals surface area (Å²) in [6.45, 7) is 4.84. The predicted octanol–water partition coefficient (Wildman–Crippen LogP) is 1.31. The van der Waals surface area contributed by atoms with E-state index in [2.05, 4.69) is 20.6 Å². The van der Waals surface area contributed by atoms with E-state index in [1.807, 2.05) is 0 Å². The van der Waals surface area contributed by atoms with E-state index in [4.69, 9.17) is 0 Å². The lowest BCUT2D eigenvalue weighted by atomic mass is 10.1. The molecular weight excluding hydrogens is 312 g/mol. The average molecular weight is 328 g/mol. The number of nitrogens with zero attached hydrogens (tertiary/aromatic N) is 5. The van der Waals surface area contributed by atoms with Crippen molar-refractivity contribution in [2.75, 3.05) is 5.32 Å². The largest absolute Gasteiger partial charge is 0.479 e. The Bertz CT molecular complexity index is 940. The molecule has 2 N–H and O–H groups in total. The number of hydrogen-bond donors (Lipinski definition) is 2. The summed E-state index contributed by atoms with van der Waals surface area (Å²) in [6, 6.07) is 3.34. The first-order valence-corrected chi connectivity index (χ1v) is 7.20. The molecule has 0 bridgehead atoms. The Labute approximate surface area is 136 Å². The number of aliphatic carboxylic acids is 1. The molecule has 1 amide bonds. The molecular formula is C15H16N6O3. The average Bonchev–Trinajstić information content (AvgIpc) is 3.14. The maximum Gasteiger partial charge on any atom is 0.331 e. The number of carbonyl (C=O) groups excluding carboxylic acids is 1. The van der Waals surface area contributed by atoms with Crippen molar-refractivity contribution in [3.63, 3.8) is 0 Å². The highest BCUT2D eigenvalue weighted by molar-refractivity contribution is 6.04. The predicted molar refractivity (Wildman–Crippen MR) is 84.9 cm³/mol. The second-order valence-electron chi connectivity index (χ2n) is 5.89. The topological polar surface area (TPSA) is 114 Å². The standard InChI is InChI=1S/C15H16N6O3/c1-9-18-19-12-5-4-10(7-20(9)12)13(22)17-11-6-16-21(8-11)15(2,3)14(23)24/h4-8H,1-3H3,(H,17,22)(H,23,24). The van der Waals surface area contributed by atoms with E-state index in [1.165, 1.54) is 30.9 Å². The van der Waals surface area contributed by atoms with E-state index in [9.17, 15) is 14.7 Å². The van der Waals surface area contributed by atoms with Crippen LogP contribution in [0.2, 0.25) is 0 Å². The fourth-order valence-electron chi connectivity index (χ4n) is 2.13. The lowest BCUT2D eigenvalue weighted by Gasteiger charge is -2.19. The third-order valence-corrected chi connectivity index (χ3v) is 3.77. The molecule has 0 aliphatic rings. The van der Waals surface area contributed by atoms with Gasteiger partial charge in [0, 0.05) is 12.4 Å². The molecule has 0 radical (unpaired) electrons. The molecule has 0 aliphatic carbocycles. The van der Waals surface area contributed by atoms with Crippen LogP contribution in [0.15, 0.2) is 30.7 Å². The summed E-state index contributed by atoms with van der Waals surface area (Å²) in [5.41, 5.74) is 0.284. The lowest BCUT2D eigenvalue weighted by Crippen LogP contribution is -2.35. The molecule has 0 unspecified atom stereocenters. The number of fused-ring (bicyclic) bond motifs is 1. The van der Waals surface area contributed by atoms with Crippen molar-refractivity contribution in [1.29, 1.82) is 0 Å². The normalized spacial score (nSPS) is 11.6. The summed E-state index contributed by atoms with van der Waals surface area (Å²) in [4.78, 5) is 23.6. The second-order valence-corrected chi connectivity index (χ2v) is 5.89. The van der Waals surface area contributed by atoms with Crippen LogP contribution in [0.4, 0.5) is 5.69 Å². The highest BCUT2D eigenvalue weighted by atomic mass is 16.4. The minimum atomic E-state index is -1.21. The van der Waals surface area contributed by atoms with Gasteiger partial charge in [-0.05, 0) is 32.9 Å². The van der Waals surface area contributed by atoms with Crippen LogP contribution < -0.4 is 5.32 Å². The Kier molecular flexibility index (Phi) is 3.55. The molecule has 0 saturated heterocycles. The first-order chi connectivity index (χ1) is 11.3. The van der Waals surface area contributed by atoms with Gasteiger partial charge in [0.1, 0.15) is 5.82 Å². The minimum Gasteiger partial charge on any atom is -0.479 e. The van der Waals surface area contributed by atoms with Crippen LogP contribution in [-0.2, 0) is 10.3 Å². The van der Waals surface area contributed by atoms with Crippen molar-refractivity contribution < 1.29 is 14.7 Å². The highest BCUT2D eigenvalue weighted by Crippen LogP contribution is 2.18. The zero-order valence-electron chi connectivity index (χ0n) is 13.4. The Hall–Kier alpha value is -3.23. The van der Waals surface area contributed by atoms with Crippen LogP contribution >= 0.6 is 0 Å². The first-order valence-electron chi connectivity index (χ1n) is 7.20. The zero-order chi connectivity index (χ0) is 17.5. The molecule has 124 valence electrons. The monoisotopic (exact) mass is 328 g/mol. The number of carboxylic acids is 1. The Morgan fingerprint density at radius 2 is 1.96 bits per heavy atom. The first kappa shape index (κ1) is 15.7. The van der Waals surface area contributed by atoms with Crippen molar-refractivity contribution in [3.05, 3.63) is 42.1 Å². The Morgan fingerprint density at radius 3 is 2.67 bits per heavy atom. The number of carboxylic acid groups (broad SMARTS) is 1. The number of amides is 1. The van der Waals surface area contributed by atoms with E-state index in [1.54, 1.807) is 29.7 Å². The third kappa shape index (κ3) is 2.60. The van der Waals surface area contributed by atoms with E-state index in [0.29, 0.717) is 22.7 Å². The van der Waals surface area contributed by atoms with Gasteiger partial charge in [-0.15, -0.1) is 10.2 Å². The number of pyridine rings is 1. The van der Waals surface area contributed by atoms with Gasteiger partial charge in [0.25, 0.3) is 5.91 Å². The molecule has 0 aromatic carbocycles. The highest BCUT2D eigenvalue weighted by Gasteiger charge is 2.30. The summed E-state index contributed by atoms with van der Waals surface area (Å²) in [5.74, 6) is -0.676. The zero-order valence-corrected chi connectivity index (χ0v) is 13.4. The van der Waals surface area contributed by atoms with Crippen LogP contribution in [0, 0.1) is 6.92 Å². The van der Waals surface area contributed by atoms with Crippen LogP contribution in [0.1, 0.15) is 30.0 Å². The Morgan fingerprint density at radius 1 is 1.21 bits per heavy atom. The van der Waals surface area contributed by atoms with E-state index < -0.39 is 11.5 Å². The molecule has 3 rings (SSSR count). The molecule has 9 heteroatoms. The molecule has 3 aromatic rings. The fraction of sp³-hybridized carbons (Fsp3) is 0.267. The number of hydrogen-bond acceptors (Lipinski definition) is 5. The second kappa shape index (κ2) is 5.44. The molecule has 0 atom stereocenters. The van der Waals surface area contributed by atoms with Crippen molar-refractivity contribution in [1.82, 2.24) is 24.4 Å². The van der Waals surface area contributed by atoms with Gasteiger partial charge in [-0.2, -0.15) is 5.10 Å². The van der Waals surface area contributed by atoms with Crippen LogP contribution in [0.25, 0.3) is 5.65 Å². The van der Waals surface area contributed by atoms with Gasteiger partial charge < -0.3 is 10.4 Å². The quantitative estimate of drug-likeness (QED) is 0.746. The number of carbonyl (C=O) groups is 2. The van der Waals surface area contributed by atoms with Crippen molar-refractivity contribution in [2.45, 2.75) is 26.3 Å². The maximum atomic E-state index is 12.4. The van der Waals surface area contributed by atoms with E-state index in [-0.39, 0.29) is 5.91 Å². The summed E-state index contributed by atoms with van der Waals surface area (Å²) in [5, 5.41) is 23.8. The summed E-state index contributed by atoms with van der Waals surface area (Å²) in [7, 11) is 0. The van der Waals surface area contributed by atoms with Gasteiger partial charge in [0.2, 0.25) is 0 Å². The molecule has 0 aliphatic heterocycles. The van der Waals surface area contributed by atoms with Gasteiger partial charge in [0.05, 0.1) is 17.4 Å². The maximum absolute atomic E-state index is 12.4. The minimum absolute atomic E-state index is 0.335. The summed E-state index contributed by atoms with van der Waals surface area (Å²) in [6.07, 6.45) is 4.53. The van der Waals surface area contributed by atoms with Gasteiger partial charge >= 0.3 is 5.97 Å². The van der Waals surface area contributed by atoms with Gasteiger partial charge in [0.15, 0.2) is 11.2 Å². The molecule has 9 nitrogen and oxygen atoms in total. The van der Waals surface area contributed by atoms with Gasteiger partial charge in [-0.25, -0.2) is 4.79 Å². The number of aromatic nitrogens is 5. The van der Waals surface area contributed by atoms with Crippen LogP contribution in [0.5, 0.6) is 0 Å². The summed E-state index contributed by atoms with van der Waals surface area (Å²) < 4.78 is 3.00. The van der Waals surface area contributed by atoms with Crippen LogP contribution in [-0.4, -0.2) is 41.4 Å². The van der Waals surface area contributed by atoms with Crippen molar-refractivity contribution >= 4 is 23.2 Å². The fourth-order valence-corrected chi connectivity index (χ4v) is 2.13. The Balaban J connectivity index is 1.83. The number of anilines is 1. The summed E-state index contributed by atoms with van der Waals surface area (Å²) >= 11 is 0. The van der Waals surface area contributed by atoms with Crippen LogP contribution in [0.3, 0.4) is 0 Å². The molecule has 3 aromatic heterocycles. The number of rotatable bonds is 4. The lowest BCUT2D eigenvalue weighted by molar-refractivity contribution is -0.146. The third-order valence-electron chi connectivity index (χ3n) is 3.77. The van der Waals surface area contributed by atoms with E-state index in [0.717, 1.165) is 0 Å². The van der Waals surface area contributed by atoms with E-state index >= 15 is 0 Å². The number of nitrogens with one attached hydrogen (secondary N) is 1. The van der Waals surface area contributed by atoms with Crippen molar-refractivity contribution in [3.8, 4) is 0 Å². The molecule has 0 saturated carbocycles.